The molecule has 1 N–H and O–H groups in total. The number of carbonyl (C=O) groups excluding carboxylic acids is 1. The van der Waals surface area contributed by atoms with E-state index in [1.54, 1.807) is 0 Å². The molecule has 25 heavy (non-hydrogen) atoms. The minimum Gasteiger partial charge on any atom is -0.378 e. The maximum absolute atomic E-state index is 12.8. The number of hydrogen-bond donors (Lipinski definition) is 1. The van der Waals surface area contributed by atoms with Crippen LogP contribution in [0.3, 0.4) is 0 Å². The van der Waals surface area contributed by atoms with Crippen molar-refractivity contribution >= 4 is 17.4 Å². The number of rotatable bonds is 2. The summed E-state index contributed by atoms with van der Waals surface area (Å²) >= 11 is 0. The van der Waals surface area contributed by atoms with Crippen molar-refractivity contribution in [1.82, 2.24) is 14.8 Å². The average molecular weight is 337 g/mol. The van der Waals surface area contributed by atoms with Gasteiger partial charge in [0.25, 0.3) is 0 Å². The van der Waals surface area contributed by atoms with Crippen LogP contribution in [0.25, 0.3) is 0 Å². The lowest BCUT2D eigenvalue weighted by atomic mass is 9.81. The number of aryl methyl sites for hydroxylation is 1. The fraction of sp³-hybridized carbons (Fsp3) is 0.421. The first kappa shape index (κ1) is 15.9. The topological polar surface area (TPSA) is 63.1 Å². The molecule has 2 atom stereocenters. The molecule has 2 heterocycles. The van der Waals surface area contributed by atoms with E-state index in [0.717, 1.165) is 34.9 Å². The molecular formula is C19H23N5O. The van der Waals surface area contributed by atoms with E-state index in [2.05, 4.69) is 51.5 Å². The van der Waals surface area contributed by atoms with Crippen molar-refractivity contribution in [2.75, 3.05) is 24.3 Å². The molecule has 2 aliphatic rings. The van der Waals surface area contributed by atoms with Crippen LogP contribution in [0.2, 0.25) is 0 Å². The summed E-state index contributed by atoms with van der Waals surface area (Å²) in [6.07, 6.45) is 1.47. The van der Waals surface area contributed by atoms with E-state index in [1.807, 2.05) is 25.7 Å². The summed E-state index contributed by atoms with van der Waals surface area (Å²) in [5.41, 5.74) is 4.04. The molecule has 2 aromatic rings. The van der Waals surface area contributed by atoms with Gasteiger partial charge in [-0.1, -0.05) is 19.1 Å². The Kier molecular flexibility index (Phi) is 3.63. The van der Waals surface area contributed by atoms with Gasteiger partial charge in [0.05, 0.1) is 0 Å². The van der Waals surface area contributed by atoms with Gasteiger partial charge in [0, 0.05) is 37.5 Å². The molecule has 0 radical (unpaired) electrons. The minimum absolute atomic E-state index is 0.205. The zero-order valence-electron chi connectivity index (χ0n) is 15.1. The van der Waals surface area contributed by atoms with E-state index >= 15 is 0 Å². The number of Topliss-reactive ketones (excluding diaryl/α,β-unsaturated/α-hetero) is 1. The molecule has 0 saturated heterocycles. The molecule has 0 saturated carbocycles. The molecule has 1 aromatic carbocycles. The van der Waals surface area contributed by atoms with Gasteiger partial charge in [0.1, 0.15) is 11.9 Å². The predicted molar refractivity (Wildman–Crippen MR) is 97.7 cm³/mol. The summed E-state index contributed by atoms with van der Waals surface area (Å²) in [5.74, 6) is 1.99. The number of fused-ring (bicyclic) bond motifs is 1. The summed E-state index contributed by atoms with van der Waals surface area (Å²) in [6, 6.07) is 8.13. The second-order valence-corrected chi connectivity index (χ2v) is 7.27. The van der Waals surface area contributed by atoms with E-state index in [-0.39, 0.29) is 11.8 Å². The largest absolute Gasteiger partial charge is 0.378 e. The highest BCUT2D eigenvalue weighted by molar-refractivity contribution is 5.99. The predicted octanol–water partition coefficient (Wildman–Crippen LogP) is 2.92. The van der Waals surface area contributed by atoms with Gasteiger partial charge in [0.15, 0.2) is 5.78 Å². The van der Waals surface area contributed by atoms with Crippen LogP contribution >= 0.6 is 0 Å². The zero-order chi connectivity index (χ0) is 17.7. The van der Waals surface area contributed by atoms with E-state index in [9.17, 15) is 4.79 Å². The zero-order valence-corrected chi connectivity index (χ0v) is 15.1. The minimum atomic E-state index is -0.205. The highest BCUT2D eigenvalue weighted by Gasteiger charge is 2.38. The van der Waals surface area contributed by atoms with Crippen molar-refractivity contribution in [2.24, 2.45) is 5.92 Å². The molecule has 2 unspecified atom stereocenters. The van der Waals surface area contributed by atoms with Crippen molar-refractivity contribution in [3.05, 3.63) is 46.9 Å². The Hall–Kier alpha value is -2.63. The van der Waals surface area contributed by atoms with Crippen LogP contribution in [0.1, 0.15) is 37.2 Å². The number of ketones is 1. The van der Waals surface area contributed by atoms with Crippen LogP contribution in [0, 0.1) is 12.8 Å². The molecule has 1 aromatic heterocycles. The molecule has 130 valence electrons. The molecule has 0 amide bonds. The molecule has 0 bridgehead atoms. The van der Waals surface area contributed by atoms with Crippen LogP contribution in [-0.2, 0) is 4.79 Å². The van der Waals surface area contributed by atoms with Crippen molar-refractivity contribution in [2.45, 2.75) is 32.7 Å². The lowest BCUT2D eigenvalue weighted by Crippen LogP contribution is -2.33. The van der Waals surface area contributed by atoms with Gasteiger partial charge in [-0.25, -0.2) is 4.68 Å². The maximum Gasteiger partial charge on any atom is 0.226 e. The quantitative estimate of drug-likeness (QED) is 0.913. The Labute approximate surface area is 147 Å². The first-order valence-corrected chi connectivity index (χ1v) is 8.67. The normalized spacial score (nSPS) is 22.3. The second-order valence-electron chi connectivity index (χ2n) is 7.27. The van der Waals surface area contributed by atoms with Gasteiger partial charge in [-0.2, -0.15) is 10.1 Å². The van der Waals surface area contributed by atoms with E-state index < -0.39 is 0 Å². The first-order valence-electron chi connectivity index (χ1n) is 8.67. The summed E-state index contributed by atoms with van der Waals surface area (Å²) < 4.78 is 1.85. The highest BCUT2D eigenvalue weighted by Crippen LogP contribution is 2.41. The third-order valence-electron chi connectivity index (χ3n) is 4.96. The number of hydrogen-bond acceptors (Lipinski definition) is 5. The molecule has 0 spiro atoms. The second kappa shape index (κ2) is 5.72. The van der Waals surface area contributed by atoms with Gasteiger partial charge >= 0.3 is 0 Å². The van der Waals surface area contributed by atoms with Crippen molar-refractivity contribution in [3.8, 4) is 0 Å². The van der Waals surface area contributed by atoms with E-state index in [1.165, 1.54) is 0 Å². The molecule has 6 heteroatoms. The molecule has 1 aliphatic heterocycles. The lowest BCUT2D eigenvalue weighted by molar-refractivity contribution is -0.117. The molecule has 1 aliphatic carbocycles. The average Bonchev–Trinajstić information content (AvgIpc) is 2.92. The number of nitrogens with one attached hydrogen (secondary N) is 1. The lowest BCUT2D eigenvalue weighted by Gasteiger charge is -2.34. The van der Waals surface area contributed by atoms with Gasteiger partial charge in [0.2, 0.25) is 5.95 Å². The molecule has 6 nitrogen and oxygen atoms in total. The Morgan fingerprint density at radius 2 is 1.92 bits per heavy atom. The molecule has 4 rings (SSSR count). The van der Waals surface area contributed by atoms with Crippen LogP contribution in [0.4, 0.5) is 11.6 Å². The Morgan fingerprint density at radius 3 is 2.60 bits per heavy atom. The number of nitrogens with zero attached hydrogens (tertiary/aromatic N) is 4. The van der Waals surface area contributed by atoms with Gasteiger partial charge in [-0.05, 0) is 37.0 Å². The van der Waals surface area contributed by atoms with Crippen LogP contribution in [0.15, 0.2) is 35.5 Å². The SMILES string of the molecule is Cc1nc2n(n1)C(c1ccc(N(C)C)cc1)C1=C(CC(C)CC1=O)N2. The van der Waals surface area contributed by atoms with Crippen molar-refractivity contribution in [1.29, 1.82) is 0 Å². The standard InChI is InChI=1S/C19H23N5O/c1-11-9-15-17(16(25)10-11)18(24-19(21-15)20-12(2)22-24)13-5-7-14(8-6-13)23(3)4/h5-8,11,18H,9-10H2,1-4H3,(H,20,21,22). The Morgan fingerprint density at radius 1 is 1.20 bits per heavy atom. The number of carbonyl (C=O) groups is 1. The van der Waals surface area contributed by atoms with E-state index in [0.29, 0.717) is 18.2 Å². The first-order chi connectivity index (χ1) is 11.9. The number of allylic oxidation sites excluding steroid dienone is 2. The third kappa shape index (κ3) is 2.62. The Bertz CT molecular complexity index is 862. The fourth-order valence-corrected chi connectivity index (χ4v) is 3.78. The summed E-state index contributed by atoms with van der Waals surface area (Å²) in [6.45, 7) is 4.00. The maximum atomic E-state index is 12.8. The highest BCUT2D eigenvalue weighted by atomic mass is 16.1. The van der Waals surface area contributed by atoms with Crippen LogP contribution < -0.4 is 10.2 Å². The molecular weight excluding hydrogens is 314 g/mol. The van der Waals surface area contributed by atoms with Crippen molar-refractivity contribution < 1.29 is 4.79 Å². The van der Waals surface area contributed by atoms with Gasteiger partial charge in [-0.15, -0.1) is 0 Å². The van der Waals surface area contributed by atoms with Crippen LogP contribution in [0.5, 0.6) is 0 Å². The fourth-order valence-electron chi connectivity index (χ4n) is 3.78. The monoisotopic (exact) mass is 337 g/mol. The van der Waals surface area contributed by atoms with Gasteiger partial charge < -0.3 is 10.2 Å². The summed E-state index contributed by atoms with van der Waals surface area (Å²) in [4.78, 5) is 19.4. The number of benzene rings is 1. The smallest absolute Gasteiger partial charge is 0.226 e. The van der Waals surface area contributed by atoms with Crippen LogP contribution in [-0.4, -0.2) is 34.6 Å². The summed E-state index contributed by atoms with van der Waals surface area (Å²) in [5, 5.41) is 7.91. The molecule has 0 fully saturated rings. The summed E-state index contributed by atoms with van der Waals surface area (Å²) in [7, 11) is 4.04. The number of anilines is 2. The van der Waals surface area contributed by atoms with Crippen molar-refractivity contribution in [3.63, 3.8) is 0 Å². The van der Waals surface area contributed by atoms with Gasteiger partial charge in [-0.3, -0.25) is 4.79 Å². The Balaban J connectivity index is 1.85. The van der Waals surface area contributed by atoms with E-state index in [4.69, 9.17) is 0 Å². The number of aromatic nitrogens is 3. The third-order valence-corrected chi connectivity index (χ3v) is 4.96.